The molecule has 2 heterocycles. The van der Waals surface area contributed by atoms with Crippen LogP contribution >= 0.6 is 0 Å². The summed E-state index contributed by atoms with van der Waals surface area (Å²) in [5.74, 6) is 0. The molecule has 1 aromatic carbocycles. The van der Waals surface area contributed by atoms with E-state index in [1.165, 1.54) is 0 Å². The van der Waals surface area contributed by atoms with Gasteiger partial charge in [-0.15, -0.1) is 0 Å². The molecule has 108 valence electrons. The quantitative estimate of drug-likeness (QED) is 0.865. The third-order valence-corrected chi connectivity index (χ3v) is 3.95. The summed E-state index contributed by atoms with van der Waals surface area (Å²) in [5.41, 5.74) is 9.39. The third kappa shape index (κ3) is 2.55. The Morgan fingerprint density at radius 1 is 1.29 bits per heavy atom. The molecular formula is C16H19N5. The van der Waals surface area contributed by atoms with Gasteiger partial charge in [0.25, 0.3) is 0 Å². The molecule has 0 unspecified atom stereocenters. The second kappa shape index (κ2) is 4.97. The summed E-state index contributed by atoms with van der Waals surface area (Å²) < 4.78 is 0. The van der Waals surface area contributed by atoms with Crippen molar-refractivity contribution in [1.29, 1.82) is 5.26 Å². The van der Waals surface area contributed by atoms with Crippen molar-refractivity contribution in [3.8, 4) is 6.07 Å². The maximum Gasteiger partial charge on any atom is 0.113 e. The van der Waals surface area contributed by atoms with Gasteiger partial charge in [0.1, 0.15) is 17.1 Å². The Labute approximate surface area is 124 Å². The van der Waals surface area contributed by atoms with E-state index in [-0.39, 0.29) is 11.5 Å². The van der Waals surface area contributed by atoms with Gasteiger partial charge < -0.3 is 10.6 Å². The molecule has 0 aliphatic carbocycles. The highest BCUT2D eigenvalue weighted by atomic mass is 15.2. The minimum absolute atomic E-state index is 0.149. The Kier molecular flexibility index (Phi) is 3.26. The standard InChI is InChI=1S/C16H19N5/c1-16(2)7-12(18)9-21(10-16)13-4-3-11(8-17)14-15(13)20-6-5-19-14/h3-6,12H,7,9-10,18H2,1-2H3/t12-/m1/s1. The Hall–Kier alpha value is -2.19. The SMILES string of the molecule is CC1(C)C[C@@H](N)CN(c2ccc(C#N)c3nccnc23)C1. The van der Waals surface area contributed by atoms with Crippen molar-refractivity contribution in [1.82, 2.24) is 9.97 Å². The Balaban J connectivity index is 2.11. The molecule has 21 heavy (non-hydrogen) atoms. The fraction of sp³-hybridized carbons (Fsp3) is 0.438. The zero-order chi connectivity index (χ0) is 15.0. The molecule has 5 nitrogen and oxygen atoms in total. The van der Waals surface area contributed by atoms with Gasteiger partial charge in [0, 0.05) is 31.5 Å². The van der Waals surface area contributed by atoms with Gasteiger partial charge in [-0.1, -0.05) is 13.8 Å². The molecule has 0 spiro atoms. The Morgan fingerprint density at radius 2 is 2.00 bits per heavy atom. The molecule has 1 saturated heterocycles. The summed E-state index contributed by atoms with van der Waals surface area (Å²) >= 11 is 0. The minimum Gasteiger partial charge on any atom is -0.368 e. The first-order valence-electron chi connectivity index (χ1n) is 7.14. The lowest BCUT2D eigenvalue weighted by atomic mass is 9.81. The zero-order valence-corrected chi connectivity index (χ0v) is 12.4. The smallest absolute Gasteiger partial charge is 0.113 e. The molecule has 2 aromatic rings. The molecule has 1 aromatic heterocycles. The number of piperidine rings is 1. The molecule has 1 fully saturated rings. The van der Waals surface area contributed by atoms with Gasteiger partial charge in [0.2, 0.25) is 0 Å². The van der Waals surface area contributed by atoms with E-state index < -0.39 is 0 Å². The molecule has 1 atom stereocenters. The van der Waals surface area contributed by atoms with E-state index in [0.717, 1.165) is 30.7 Å². The Bertz CT molecular complexity index is 716. The van der Waals surface area contributed by atoms with Crippen LogP contribution in [0.15, 0.2) is 24.5 Å². The van der Waals surface area contributed by atoms with Crippen molar-refractivity contribution in [2.75, 3.05) is 18.0 Å². The summed E-state index contributed by atoms with van der Waals surface area (Å²) in [6.07, 6.45) is 4.31. The number of fused-ring (bicyclic) bond motifs is 1. The van der Waals surface area contributed by atoms with Crippen LogP contribution in [0.5, 0.6) is 0 Å². The van der Waals surface area contributed by atoms with E-state index in [9.17, 15) is 5.26 Å². The molecule has 0 saturated carbocycles. The van der Waals surface area contributed by atoms with Crippen LogP contribution in [-0.4, -0.2) is 29.1 Å². The number of hydrogen-bond acceptors (Lipinski definition) is 5. The van der Waals surface area contributed by atoms with Crippen molar-refractivity contribution in [2.24, 2.45) is 11.1 Å². The van der Waals surface area contributed by atoms with Gasteiger partial charge in [-0.25, -0.2) is 0 Å². The molecule has 1 aliphatic heterocycles. The first-order valence-corrected chi connectivity index (χ1v) is 7.14. The maximum absolute atomic E-state index is 9.21. The van der Waals surface area contributed by atoms with E-state index in [1.54, 1.807) is 12.4 Å². The second-order valence-corrected chi connectivity index (χ2v) is 6.51. The number of nitrogens with two attached hydrogens (primary N) is 1. The normalized spacial score (nSPS) is 21.2. The van der Waals surface area contributed by atoms with Crippen molar-refractivity contribution in [3.63, 3.8) is 0 Å². The number of nitriles is 1. The fourth-order valence-electron chi connectivity index (χ4n) is 3.27. The van der Waals surface area contributed by atoms with E-state index in [4.69, 9.17) is 5.73 Å². The van der Waals surface area contributed by atoms with Crippen LogP contribution in [0, 0.1) is 16.7 Å². The highest BCUT2D eigenvalue weighted by Crippen LogP contribution is 2.34. The van der Waals surface area contributed by atoms with Crippen molar-refractivity contribution in [3.05, 3.63) is 30.1 Å². The molecule has 5 heteroatoms. The highest BCUT2D eigenvalue weighted by Gasteiger charge is 2.32. The largest absolute Gasteiger partial charge is 0.368 e. The molecule has 3 rings (SSSR count). The number of rotatable bonds is 1. The lowest BCUT2D eigenvalue weighted by molar-refractivity contribution is 0.268. The fourth-order valence-corrected chi connectivity index (χ4v) is 3.27. The predicted octanol–water partition coefficient (Wildman–Crippen LogP) is 2.07. The average Bonchev–Trinajstić information content (AvgIpc) is 2.44. The summed E-state index contributed by atoms with van der Waals surface area (Å²) in [6.45, 7) is 6.20. The van der Waals surface area contributed by atoms with Gasteiger partial charge >= 0.3 is 0 Å². The maximum atomic E-state index is 9.21. The molecule has 0 amide bonds. The predicted molar refractivity (Wildman–Crippen MR) is 82.8 cm³/mol. The molecular weight excluding hydrogens is 262 g/mol. The van der Waals surface area contributed by atoms with E-state index in [2.05, 4.69) is 34.8 Å². The van der Waals surface area contributed by atoms with Crippen LogP contribution in [-0.2, 0) is 0 Å². The van der Waals surface area contributed by atoms with Crippen LogP contribution in [0.1, 0.15) is 25.8 Å². The number of aromatic nitrogens is 2. The van der Waals surface area contributed by atoms with Crippen molar-refractivity contribution in [2.45, 2.75) is 26.3 Å². The number of benzene rings is 1. The van der Waals surface area contributed by atoms with Crippen LogP contribution in [0.3, 0.4) is 0 Å². The molecule has 2 N–H and O–H groups in total. The van der Waals surface area contributed by atoms with Crippen LogP contribution < -0.4 is 10.6 Å². The van der Waals surface area contributed by atoms with Crippen molar-refractivity contribution >= 4 is 16.7 Å². The van der Waals surface area contributed by atoms with Crippen LogP contribution in [0.2, 0.25) is 0 Å². The van der Waals surface area contributed by atoms with E-state index >= 15 is 0 Å². The average molecular weight is 281 g/mol. The van der Waals surface area contributed by atoms with Gasteiger partial charge in [-0.05, 0) is 24.0 Å². The first-order chi connectivity index (χ1) is 10.00. The number of anilines is 1. The van der Waals surface area contributed by atoms with Crippen LogP contribution in [0.25, 0.3) is 11.0 Å². The third-order valence-electron chi connectivity index (χ3n) is 3.95. The topological polar surface area (TPSA) is 78.8 Å². The van der Waals surface area contributed by atoms with Crippen molar-refractivity contribution < 1.29 is 0 Å². The highest BCUT2D eigenvalue weighted by molar-refractivity contribution is 5.92. The Morgan fingerprint density at radius 3 is 2.67 bits per heavy atom. The summed E-state index contributed by atoms with van der Waals surface area (Å²) in [6, 6.07) is 6.11. The molecule has 0 radical (unpaired) electrons. The van der Waals surface area contributed by atoms with Crippen LogP contribution in [0.4, 0.5) is 5.69 Å². The lowest BCUT2D eigenvalue weighted by Crippen LogP contribution is -2.50. The van der Waals surface area contributed by atoms with Gasteiger partial charge in [0.15, 0.2) is 0 Å². The zero-order valence-electron chi connectivity index (χ0n) is 12.4. The van der Waals surface area contributed by atoms with Gasteiger partial charge in [-0.2, -0.15) is 5.26 Å². The molecule has 0 bridgehead atoms. The van der Waals surface area contributed by atoms with E-state index in [0.29, 0.717) is 11.1 Å². The minimum atomic E-state index is 0.149. The van der Waals surface area contributed by atoms with E-state index in [1.807, 2.05) is 12.1 Å². The van der Waals surface area contributed by atoms with Gasteiger partial charge in [-0.3, -0.25) is 9.97 Å². The van der Waals surface area contributed by atoms with Gasteiger partial charge in [0.05, 0.1) is 11.3 Å². The number of nitrogens with zero attached hydrogens (tertiary/aromatic N) is 4. The summed E-state index contributed by atoms with van der Waals surface area (Å²) in [4.78, 5) is 11.0. The second-order valence-electron chi connectivity index (χ2n) is 6.51. The monoisotopic (exact) mass is 281 g/mol. The number of hydrogen-bond donors (Lipinski definition) is 1. The lowest BCUT2D eigenvalue weighted by Gasteiger charge is -2.42. The summed E-state index contributed by atoms with van der Waals surface area (Å²) in [5, 5.41) is 9.21. The molecule has 1 aliphatic rings. The first kappa shape index (κ1) is 13.8. The summed E-state index contributed by atoms with van der Waals surface area (Å²) in [7, 11) is 0.